The maximum absolute atomic E-state index is 6.01. The Morgan fingerprint density at radius 3 is 2.81 bits per heavy atom. The van der Waals surface area contributed by atoms with Crippen LogP contribution in [0.3, 0.4) is 0 Å². The molecule has 0 fully saturated rings. The van der Waals surface area contributed by atoms with Crippen LogP contribution in [0.5, 0.6) is 0 Å². The lowest BCUT2D eigenvalue weighted by molar-refractivity contribution is 0.470. The average Bonchev–Trinajstić information content (AvgIpc) is 2.87. The fraction of sp³-hybridized carbons (Fsp3) is 0.294. The van der Waals surface area contributed by atoms with Gasteiger partial charge in [-0.05, 0) is 44.7 Å². The summed E-state index contributed by atoms with van der Waals surface area (Å²) in [6.07, 6.45) is 1.79. The van der Waals surface area contributed by atoms with Crippen LogP contribution in [0, 0.1) is 13.8 Å². The summed E-state index contributed by atoms with van der Waals surface area (Å²) < 4.78 is 6.01. The molecule has 4 nitrogen and oxygen atoms in total. The number of nitrogens with zero attached hydrogens (tertiary/aromatic N) is 2. The molecule has 108 valence electrons. The number of hydrogen-bond acceptors (Lipinski definition) is 4. The summed E-state index contributed by atoms with van der Waals surface area (Å²) in [5, 5.41) is 4.56. The van der Waals surface area contributed by atoms with Crippen molar-refractivity contribution < 1.29 is 4.42 Å². The van der Waals surface area contributed by atoms with Crippen LogP contribution in [0.2, 0.25) is 0 Å². The monoisotopic (exact) mass is 281 g/mol. The van der Waals surface area contributed by atoms with Gasteiger partial charge in [0.05, 0.1) is 5.69 Å². The lowest BCUT2D eigenvalue weighted by Crippen LogP contribution is -2.22. The molecule has 1 atom stereocenters. The molecular weight excluding hydrogens is 262 g/mol. The zero-order valence-electron chi connectivity index (χ0n) is 12.6. The van der Waals surface area contributed by atoms with Crippen molar-refractivity contribution in [3.63, 3.8) is 0 Å². The van der Waals surface area contributed by atoms with E-state index in [4.69, 9.17) is 4.42 Å². The quantitative estimate of drug-likeness (QED) is 0.794. The SMILES string of the molecule is CCNC(c1ccnc(C)n1)c1cc2cc(C)ccc2o1. The van der Waals surface area contributed by atoms with Crippen molar-refractivity contribution >= 4 is 11.0 Å². The van der Waals surface area contributed by atoms with Crippen LogP contribution < -0.4 is 5.32 Å². The number of fused-ring (bicyclic) bond motifs is 1. The van der Waals surface area contributed by atoms with Gasteiger partial charge >= 0.3 is 0 Å². The first-order chi connectivity index (χ1) is 10.2. The van der Waals surface area contributed by atoms with E-state index in [0.717, 1.165) is 34.8 Å². The molecule has 0 bridgehead atoms. The van der Waals surface area contributed by atoms with Crippen LogP contribution in [0.4, 0.5) is 0 Å². The van der Waals surface area contributed by atoms with Gasteiger partial charge in [0.1, 0.15) is 23.2 Å². The van der Waals surface area contributed by atoms with Crippen LogP contribution in [0.25, 0.3) is 11.0 Å². The smallest absolute Gasteiger partial charge is 0.134 e. The Labute approximate surface area is 124 Å². The average molecular weight is 281 g/mol. The molecule has 1 N–H and O–H groups in total. The van der Waals surface area contributed by atoms with Crippen LogP contribution in [0.1, 0.15) is 35.8 Å². The first kappa shape index (κ1) is 13.8. The topological polar surface area (TPSA) is 51.0 Å². The van der Waals surface area contributed by atoms with Crippen LogP contribution in [0.15, 0.2) is 40.9 Å². The van der Waals surface area contributed by atoms with E-state index in [0.29, 0.717) is 0 Å². The van der Waals surface area contributed by atoms with Gasteiger partial charge in [0.15, 0.2) is 0 Å². The summed E-state index contributed by atoms with van der Waals surface area (Å²) in [6.45, 7) is 6.90. The van der Waals surface area contributed by atoms with Gasteiger partial charge in [-0.25, -0.2) is 9.97 Å². The summed E-state index contributed by atoms with van der Waals surface area (Å²) in [4.78, 5) is 8.68. The van der Waals surface area contributed by atoms with Gasteiger partial charge in [0.25, 0.3) is 0 Å². The highest BCUT2D eigenvalue weighted by Gasteiger charge is 2.19. The summed E-state index contributed by atoms with van der Waals surface area (Å²) in [5.74, 6) is 1.65. The minimum absolute atomic E-state index is 0.0515. The molecule has 3 aromatic rings. The molecule has 1 unspecified atom stereocenters. The molecule has 0 saturated carbocycles. The molecule has 21 heavy (non-hydrogen) atoms. The number of rotatable bonds is 4. The van der Waals surface area contributed by atoms with E-state index < -0.39 is 0 Å². The minimum atomic E-state index is -0.0515. The third-order valence-corrected chi connectivity index (χ3v) is 3.48. The Hall–Kier alpha value is -2.20. The molecule has 2 aromatic heterocycles. The van der Waals surface area contributed by atoms with Crippen molar-refractivity contribution in [3.8, 4) is 0 Å². The maximum atomic E-state index is 6.01. The van der Waals surface area contributed by atoms with Crippen LogP contribution in [-0.2, 0) is 0 Å². The first-order valence-electron chi connectivity index (χ1n) is 7.20. The number of aryl methyl sites for hydroxylation is 2. The van der Waals surface area contributed by atoms with Gasteiger partial charge in [0.2, 0.25) is 0 Å². The lowest BCUT2D eigenvalue weighted by atomic mass is 10.1. The number of aromatic nitrogens is 2. The zero-order valence-corrected chi connectivity index (χ0v) is 12.6. The van der Waals surface area contributed by atoms with E-state index in [9.17, 15) is 0 Å². The first-order valence-corrected chi connectivity index (χ1v) is 7.20. The molecule has 0 spiro atoms. The van der Waals surface area contributed by atoms with Crippen molar-refractivity contribution in [3.05, 3.63) is 59.4 Å². The number of nitrogens with one attached hydrogen (secondary N) is 1. The van der Waals surface area contributed by atoms with Gasteiger partial charge in [0, 0.05) is 11.6 Å². The highest BCUT2D eigenvalue weighted by molar-refractivity contribution is 5.78. The molecule has 0 radical (unpaired) electrons. The molecule has 0 aliphatic rings. The van der Waals surface area contributed by atoms with Crippen molar-refractivity contribution in [2.45, 2.75) is 26.8 Å². The number of benzene rings is 1. The van der Waals surface area contributed by atoms with Gasteiger partial charge < -0.3 is 9.73 Å². The summed E-state index contributed by atoms with van der Waals surface area (Å²) >= 11 is 0. The van der Waals surface area contributed by atoms with Gasteiger partial charge in [-0.1, -0.05) is 18.6 Å². The van der Waals surface area contributed by atoms with E-state index >= 15 is 0 Å². The fourth-order valence-corrected chi connectivity index (χ4v) is 2.52. The zero-order chi connectivity index (χ0) is 14.8. The second-order valence-corrected chi connectivity index (χ2v) is 5.21. The predicted molar refractivity (Wildman–Crippen MR) is 83.2 cm³/mol. The van der Waals surface area contributed by atoms with Gasteiger partial charge in [-0.3, -0.25) is 0 Å². The second-order valence-electron chi connectivity index (χ2n) is 5.21. The van der Waals surface area contributed by atoms with Crippen molar-refractivity contribution in [2.24, 2.45) is 0 Å². The molecule has 0 saturated heterocycles. The standard InChI is InChI=1S/C17H19N3O/c1-4-18-17(14-7-8-19-12(3)20-14)16-10-13-9-11(2)5-6-15(13)21-16/h5-10,17-18H,4H2,1-3H3. The van der Waals surface area contributed by atoms with Gasteiger partial charge in [-0.15, -0.1) is 0 Å². The second kappa shape index (κ2) is 5.66. The van der Waals surface area contributed by atoms with E-state index in [1.165, 1.54) is 5.56 Å². The van der Waals surface area contributed by atoms with E-state index in [1.807, 2.05) is 19.1 Å². The van der Waals surface area contributed by atoms with Crippen molar-refractivity contribution in [2.75, 3.05) is 6.54 Å². The molecule has 0 aliphatic carbocycles. The van der Waals surface area contributed by atoms with Crippen molar-refractivity contribution in [1.29, 1.82) is 0 Å². The van der Waals surface area contributed by atoms with Crippen LogP contribution in [-0.4, -0.2) is 16.5 Å². The maximum Gasteiger partial charge on any atom is 0.134 e. The Bertz CT molecular complexity index is 764. The Morgan fingerprint density at radius 1 is 1.19 bits per heavy atom. The molecule has 4 heteroatoms. The highest BCUT2D eigenvalue weighted by atomic mass is 16.3. The van der Waals surface area contributed by atoms with Gasteiger partial charge in [-0.2, -0.15) is 0 Å². The predicted octanol–water partition coefficient (Wildman–Crippen LogP) is 3.54. The lowest BCUT2D eigenvalue weighted by Gasteiger charge is -2.14. The third-order valence-electron chi connectivity index (χ3n) is 3.48. The van der Waals surface area contributed by atoms with E-state index in [2.05, 4.69) is 47.3 Å². The number of hydrogen-bond donors (Lipinski definition) is 1. The molecule has 0 aliphatic heterocycles. The molecule has 3 rings (SSSR count). The normalized spacial score (nSPS) is 12.7. The Morgan fingerprint density at radius 2 is 2.05 bits per heavy atom. The Balaban J connectivity index is 2.06. The third kappa shape index (κ3) is 2.81. The fourth-order valence-electron chi connectivity index (χ4n) is 2.52. The highest BCUT2D eigenvalue weighted by Crippen LogP contribution is 2.28. The number of furan rings is 1. The molecule has 0 amide bonds. The van der Waals surface area contributed by atoms with Crippen LogP contribution >= 0.6 is 0 Å². The largest absolute Gasteiger partial charge is 0.459 e. The van der Waals surface area contributed by atoms with E-state index in [-0.39, 0.29) is 6.04 Å². The van der Waals surface area contributed by atoms with Crippen molar-refractivity contribution in [1.82, 2.24) is 15.3 Å². The molecule has 2 heterocycles. The molecular formula is C17H19N3O. The summed E-state index contributed by atoms with van der Waals surface area (Å²) in [7, 11) is 0. The summed E-state index contributed by atoms with van der Waals surface area (Å²) in [5.41, 5.74) is 3.07. The van der Waals surface area contributed by atoms with E-state index in [1.54, 1.807) is 6.20 Å². The molecule has 1 aromatic carbocycles. The minimum Gasteiger partial charge on any atom is -0.459 e. The summed E-state index contributed by atoms with van der Waals surface area (Å²) in [6, 6.07) is 10.2. The Kier molecular flexibility index (Phi) is 3.71.